The second-order valence-electron chi connectivity index (χ2n) is 9.72. The van der Waals surface area contributed by atoms with E-state index in [1.165, 1.54) is 16.7 Å². The molecular weight excluding hydrogens is 506 g/mol. The molecule has 6 heteroatoms. The van der Waals surface area contributed by atoms with Gasteiger partial charge < -0.3 is 19.7 Å². The number of nitrogens with zero attached hydrogens (tertiary/aromatic N) is 2. The Hall–Kier alpha value is -3.82. The first kappa shape index (κ1) is 28.2. The van der Waals surface area contributed by atoms with Gasteiger partial charge in [0.1, 0.15) is 24.7 Å². The van der Waals surface area contributed by atoms with E-state index in [0.717, 1.165) is 29.8 Å². The van der Waals surface area contributed by atoms with Crippen LogP contribution < -0.4 is 14.8 Å². The molecule has 0 radical (unpaired) electrons. The summed E-state index contributed by atoms with van der Waals surface area (Å²) in [7, 11) is 4.09. The lowest BCUT2D eigenvalue weighted by atomic mass is 9.97. The van der Waals surface area contributed by atoms with E-state index >= 15 is 0 Å². The molecule has 0 saturated carbocycles. The van der Waals surface area contributed by atoms with E-state index in [-0.39, 0.29) is 0 Å². The van der Waals surface area contributed by atoms with E-state index < -0.39 is 0 Å². The third kappa shape index (κ3) is 7.84. The Labute approximate surface area is 236 Å². The summed E-state index contributed by atoms with van der Waals surface area (Å²) in [6, 6.07) is 30.0. The van der Waals surface area contributed by atoms with Crippen molar-refractivity contribution in [2.24, 2.45) is 0 Å². The molecule has 1 N–H and O–H groups in total. The number of hydrogen-bond acceptors (Lipinski definition) is 5. The van der Waals surface area contributed by atoms with Crippen LogP contribution in [0.4, 0.5) is 0 Å². The molecule has 0 unspecified atom stereocenters. The van der Waals surface area contributed by atoms with Crippen molar-refractivity contribution < 1.29 is 9.47 Å². The van der Waals surface area contributed by atoms with Crippen molar-refractivity contribution in [2.45, 2.75) is 26.7 Å². The van der Waals surface area contributed by atoms with Crippen LogP contribution in [-0.4, -0.2) is 32.1 Å². The summed E-state index contributed by atoms with van der Waals surface area (Å²) < 4.78 is 12.5. The highest BCUT2D eigenvalue weighted by molar-refractivity contribution is 6.32. The fourth-order valence-electron chi connectivity index (χ4n) is 4.30. The number of nitriles is 1. The number of ether oxygens (including phenoxy) is 2. The maximum absolute atomic E-state index is 9.24. The molecule has 0 spiro atoms. The molecule has 0 saturated heterocycles. The van der Waals surface area contributed by atoms with Gasteiger partial charge in [-0.2, -0.15) is 5.26 Å². The van der Waals surface area contributed by atoms with Crippen LogP contribution in [0.15, 0.2) is 84.9 Å². The lowest BCUT2D eigenvalue weighted by molar-refractivity contribution is 0.287. The molecule has 0 amide bonds. The second-order valence-corrected chi connectivity index (χ2v) is 10.1. The number of halogens is 1. The molecule has 0 aromatic heterocycles. The van der Waals surface area contributed by atoms with Gasteiger partial charge in [0.2, 0.25) is 0 Å². The molecule has 4 aromatic carbocycles. The van der Waals surface area contributed by atoms with Gasteiger partial charge in [-0.25, -0.2) is 0 Å². The van der Waals surface area contributed by atoms with E-state index in [9.17, 15) is 5.26 Å². The topological polar surface area (TPSA) is 57.5 Å². The molecule has 5 nitrogen and oxygen atoms in total. The predicted octanol–water partition coefficient (Wildman–Crippen LogP) is 7.00. The second kappa shape index (κ2) is 13.8. The van der Waals surface area contributed by atoms with Gasteiger partial charge in [-0.1, -0.05) is 72.3 Å². The van der Waals surface area contributed by atoms with Crippen molar-refractivity contribution in [3.05, 3.63) is 118 Å². The van der Waals surface area contributed by atoms with Crippen LogP contribution in [0.1, 0.15) is 27.8 Å². The van der Waals surface area contributed by atoms with Crippen molar-refractivity contribution in [3.63, 3.8) is 0 Å². The van der Waals surface area contributed by atoms with E-state index in [1.807, 2.05) is 62.6 Å². The standard InChI is InChI=1S/C33H34ClN3O2/c1-24-28(13-8-14-30(24)27-11-5-4-6-12-27)23-39-33-19-32(38-22-26-10-7-9-25(17-26)20-35)29(18-31(33)34)21-36-15-16-37(2)3/h4-14,17-19,36H,15-16,21-23H2,1-3H3. The van der Waals surface area contributed by atoms with Crippen molar-refractivity contribution in [2.75, 3.05) is 27.2 Å². The Morgan fingerprint density at radius 2 is 1.62 bits per heavy atom. The third-order valence-electron chi connectivity index (χ3n) is 6.53. The van der Waals surface area contributed by atoms with E-state index in [2.05, 4.69) is 53.5 Å². The quantitative estimate of drug-likeness (QED) is 0.196. The Bertz CT molecular complexity index is 1430. The van der Waals surface area contributed by atoms with E-state index in [0.29, 0.717) is 41.8 Å². The van der Waals surface area contributed by atoms with Crippen molar-refractivity contribution in [1.29, 1.82) is 5.26 Å². The summed E-state index contributed by atoms with van der Waals surface area (Å²) >= 11 is 6.70. The van der Waals surface area contributed by atoms with Gasteiger partial charge >= 0.3 is 0 Å². The maximum atomic E-state index is 9.24. The summed E-state index contributed by atoms with van der Waals surface area (Å²) in [4.78, 5) is 2.13. The highest BCUT2D eigenvalue weighted by atomic mass is 35.5. The molecule has 0 heterocycles. The Kier molecular flexibility index (Phi) is 9.99. The molecular formula is C33H34ClN3O2. The third-order valence-corrected chi connectivity index (χ3v) is 6.83. The van der Waals surface area contributed by atoms with Gasteiger partial charge in [0.25, 0.3) is 0 Å². The monoisotopic (exact) mass is 539 g/mol. The first-order chi connectivity index (χ1) is 18.9. The number of hydrogen-bond donors (Lipinski definition) is 1. The molecule has 0 aliphatic carbocycles. The first-order valence-electron chi connectivity index (χ1n) is 13.0. The zero-order valence-electron chi connectivity index (χ0n) is 22.7. The summed E-state index contributed by atoms with van der Waals surface area (Å²) in [5.74, 6) is 1.27. The fourth-order valence-corrected chi connectivity index (χ4v) is 4.54. The molecule has 4 aromatic rings. The number of benzene rings is 4. The van der Waals surface area contributed by atoms with Gasteiger partial charge in [0, 0.05) is 31.3 Å². The maximum Gasteiger partial charge on any atom is 0.142 e. The molecule has 39 heavy (non-hydrogen) atoms. The highest BCUT2D eigenvalue weighted by Gasteiger charge is 2.14. The zero-order valence-corrected chi connectivity index (χ0v) is 23.5. The van der Waals surface area contributed by atoms with Gasteiger partial charge in [-0.15, -0.1) is 0 Å². The Balaban J connectivity index is 1.54. The summed E-state index contributed by atoms with van der Waals surface area (Å²) in [6.45, 7) is 5.21. The average molecular weight is 540 g/mol. The molecule has 0 fully saturated rings. The molecule has 200 valence electrons. The zero-order chi connectivity index (χ0) is 27.6. The predicted molar refractivity (Wildman–Crippen MR) is 158 cm³/mol. The van der Waals surface area contributed by atoms with Crippen LogP contribution in [0.3, 0.4) is 0 Å². The first-order valence-corrected chi connectivity index (χ1v) is 13.4. The Morgan fingerprint density at radius 1 is 0.846 bits per heavy atom. The number of nitrogens with one attached hydrogen (secondary N) is 1. The summed E-state index contributed by atoms with van der Waals surface area (Å²) in [5.41, 5.74) is 7.11. The lowest BCUT2D eigenvalue weighted by Crippen LogP contribution is -2.26. The molecule has 0 aliphatic rings. The minimum Gasteiger partial charge on any atom is -0.488 e. The lowest BCUT2D eigenvalue weighted by Gasteiger charge is -2.18. The van der Waals surface area contributed by atoms with E-state index in [1.54, 1.807) is 6.07 Å². The van der Waals surface area contributed by atoms with Crippen LogP contribution in [0.5, 0.6) is 11.5 Å². The number of likely N-dealkylation sites (N-methyl/N-ethyl adjacent to an activating group) is 1. The SMILES string of the molecule is Cc1c(COc2cc(OCc3cccc(C#N)c3)c(CNCCN(C)C)cc2Cl)cccc1-c1ccccc1. The van der Waals surface area contributed by atoms with Gasteiger partial charge in [-0.3, -0.25) is 0 Å². The van der Waals surface area contributed by atoms with Gasteiger partial charge in [-0.05, 0) is 67.0 Å². The molecule has 0 atom stereocenters. The van der Waals surface area contributed by atoms with Crippen LogP contribution in [0.25, 0.3) is 11.1 Å². The van der Waals surface area contributed by atoms with E-state index in [4.69, 9.17) is 21.1 Å². The minimum atomic E-state index is 0.333. The van der Waals surface area contributed by atoms with Crippen molar-refractivity contribution in [3.8, 4) is 28.7 Å². The van der Waals surface area contributed by atoms with Crippen molar-refractivity contribution in [1.82, 2.24) is 10.2 Å². The largest absolute Gasteiger partial charge is 0.488 e. The minimum absolute atomic E-state index is 0.333. The summed E-state index contributed by atoms with van der Waals surface area (Å²) in [5, 5.41) is 13.2. The van der Waals surface area contributed by atoms with Crippen molar-refractivity contribution >= 4 is 11.6 Å². The van der Waals surface area contributed by atoms with Crippen LogP contribution in [0, 0.1) is 18.3 Å². The van der Waals surface area contributed by atoms with Crippen LogP contribution in [-0.2, 0) is 19.8 Å². The Morgan fingerprint density at radius 3 is 2.38 bits per heavy atom. The smallest absolute Gasteiger partial charge is 0.142 e. The molecule has 0 bridgehead atoms. The molecule has 4 rings (SSSR count). The summed E-state index contributed by atoms with van der Waals surface area (Å²) in [6.07, 6.45) is 0. The average Bonchev–Trinajstić information content (AvgIpc) is 2.95. The fraction of sp³-hybridized carbons (Fsp3) is 0.242. The van der Waals surface area contributed by atoms with Crippen LogP contribution in [0.2, 0.25) is 5.02 Å². The normalized spacial score (nSPS) is 10.9. The highest BCUT2D eigenvalue weighted by Crippen LogP contribution is 2.35. The van der Waals surface area contributed by atoms with Crippen LogP contribution >= 0.6 is 11.6 Å². The number of rotatable bonds is 12. The van der Waals surface area contributed by atoms with Gasteiger partial charge in [0.05, 0.1) is 16.7 Å². The van der Waals surface area contributed by atoms with Gasteiger partial charge in [0.15, 0.2) is 0 Å². The molecule has 0 aliphatic heterocycles.